The lowest BCUT2D eigenvalue weighted by Gasteiger charge is -2.43. The third-order valence-corrected chi connectivity index (χ3v) is 4.61. The number of fused-ring (bicyclic) bond motifs is 1. The number of amides is 2. The molecule has 2 heterocycles. The zero-order chi connectivity index (χ0) is 14.1. The molecule has 0 bridgehead atoms. The molecule has 1 unspecified atom stereocenters. The average molecular weight is 338 g/mol. The fourth-order valence-corrected chi connectivity index (χ4v) is 3.17. The molecule has 0 radical (unpaired) electrons. The van der Waals surface area contributed by atoms with Crippen LogP contribution in [0.3, 0.4) is 0 Å². The van der Waals surface area contributed by atoms with Crippen molar-refractivity contribution in [2.24, 2.45) is 0 Å². The van der Waals surface area contributed by atoms with Crippen LogP contribution in [0.2, 0.25) is 0 Å². The zero-order valence-electron chi connectivity index (χ0n) is 11.0. The zero-order valence-corrected chi connectivity index (χ0v) is 12.6. The predicted molar refractivity (Wildman–Crippen MR) is 77.9 cm³/mol. The lowest BCUT2D eigenvalue weighted by molar-refractivity contribution is -0.160. The van der Waals surface area contributed by atoms with E-state index in [2.05, 4.69) is 21.2 Å². The quantitative estimate of drug-likeness (QED) is 0.804. The Kier molecular flexibility index (Phi) is 3.76. The summed E-state index contributed by atoms with van der Waals surface area (Å²) in [5.41, 5.74) is 1.02. The minimum Gasteiger partial charge on any atom is -0.328 e. The minimum absolute atomic E-state index is 0.0939. The molecule has 5 nitrogen and oxygen atoms in total. The van der Waals surface area contributed by atoms with Crippen molar-refractivity contribution in [2.45, 2.75) is 12.6 Å². The van der Waals surface area contributed by atoms with Crippen LogP contribution < -0.4 is 5.32 Å². The number of benzene rings is 1. The van der Waals surface area contributed by atoms with Crippen molar-refractivity contribution in [3.63, 3.8) is 0 Å². The van der Waals surface area contributed by atoms with Crippen LogP contribution in [-0.4, -0.2) is 53.8 Å². The Balaban J connectivity index is 1.78. The molecule has 3 rings (SSSR count). The summed E-state index contributed by atoms with van der Waals surface area (Å²) >= 11 is 3.48. The van der Waals surface area contributed by atoms with Gasteiger partial charge in [0.1, 0.15) is 0 Å². The molecule has 2 amide bonds. The van der Waals surface area contributed by atoms with Gasteiger partial charge in [-0.2, -0.15) is 0 Å². The van der Waals surface area contributed by atoms with Crippen molar-refractivity contribution in [3.05, 3.63) is 34.3 Å². The summed E-state index contributed by atoms with van der Waals surface area (Å²) < 4.78 is 0.962. The number of nitrogens with one attached hydrogen (secondary N) is 1. The topological polar surface area (TPSA) is 52.7 Å². The molecule has 6 heteroatoms. The molecule has 1 aromatic carbocycles. The van der Waals surface area contributed by atoms with Crippen molar-refractivity contribution in [2.75, 3.05) is 26.2 Å². The van der Waals surface area contributed by atoms with Crippen LogP contribution >= 0.6 is 15.9 Å². The molecule has 1 N–H and O–H groups in total. The Morgan fingerprint density at radius 3 is 2.85 bits per heavy atom. The summed E-state index contributed by atoms with van der Waals surface area (Å²) in [5, 5.41) is 3.27. The third-order valence-electron chi connectivity index (χ3n) is 3.83. The van der Waals surface area contributed by atoms with Gasteiger partial charge >= 0.3 is 11.8 Å². The SMILES string of the molecule is O=C1C(=O)N2CCNCC2CN1Cc1ccccc1Br. The van der Waals surface area contributed by atoms with Gasteiger partial charge in [-0.15, -0.1) is 0 Å². The van der Waals surface area contributed by atoms with E-state index in [-0.39, 0.29) is 17.9 Å². The van der Waals surface area contributed by atoms with Gasteiger partial charge < -0.3 is 15.1 Å². The second-order valence-corrected chi connectivity index (χ2v) is 5.99. The molecule has 0 saturated carbocycles. The number of carbonyl (C=O) groups is 2. The molecule has 2 aliphatic rings. The van der Waals surface area contributed by atoms with Crippen molar-refractivity contribution < 1.29 is 9.59 Å². The van der Waals surface area contributed by atoms with Crippen LogP contribution in [-0.2, 0) is 16.1 Å². The van der Waals surface area contributed by atoms with Gasteiger partial charge in [-0.3, -0.25) is 9.59 Å². The molecular formula is C14H16BrN3O2. The molecule has 2 fully saturated rings. The summed E-state index contributed by atoms with van der Waals surface area (Å²) in [6.45, 7) is 3.21. The molecule has 2 saturated heterocycles. The molecule has 106 valence electrons. The molecule has 1 aromatic rings. The van der Waals surface area contributed by atoms with Gasteiger partial charge in [0.15, 0.2) is 0 Å². The van der Waals surface area contributed by atoms with E-state index in [9.17, 15) is 9.59 Å². The maximum absolute atomic E-state index is 12.2. The fraction of sp³-hybridized carbons (Fsp3) is 0.429. The fourth-order valence-electron chi connectivity index (χ4n) is 2.76. The average Bonchev–Trinajstić information content (AvgIpc) is 2.47. The van der Waals surface area contributed by atoms with Crippen molar-refractivity contribution in [1.29, 1.82) is 0 Å². The van der Waals surface area contributed by atoms with E-state index in [4.69, 9.17) is 0 Å². The Bertz CT molecular complexity index is 549. The highest BCUT2D eigenvalue weighted by molar-refractivity contribution is 9.10. The Hall–Kier alpha value is -1.40. The monoisotopic (exact) mass is 337 g/mol. The van der Waals surface area contributed by atoms with Crippen molar-refractivity contribution in [1.82, 2.24) is 15.1 Å². The third kappa shape index (κ3) is 2.45. The van der Waals surface area contributed by atoms with Crippen LogP contribution in [0.5, 0.6) is 0 Å². The second kappa shape index (κ2) is 5.54. The van der Waals surface area contributed by atoms with Gasteiger partial charge in [0.05, 0.1) is 6.04 Å². The van der Waals surface area contributed by atoms with Gasteiger partial charge in [-0.25, -0.2) is 0 Å². The lowest BCUT2D eigenvalue weighted by Crippen LogP contribution is -2.65. The molecule has 0 aliphatic carbocycles. The number of rotatable bonds is 2. The van der Waals surface area contributed by atoms with Gasteiger partial charge in [0.25, 0.3) is 0 Å². The first-order chi connectivity index (χ1) is 9.66. The van der Waals surface area contributed by atoms with Crippen molar-refractivity contribution in [3.8, 4) is 0 Å². The maximum Gasteiger partial charge on any atom is 0.312 e. The lowest BCUT2D eigenvalue weighted by atomic mass is 10.1. The highest BCUT2D eigenvalue weighted by Crippen LogP contribution is 2.21. The first-order valence-electron chi connectivity index (χ1n) is 6.71. The van der Waals surface area contributed by atoms with Crippen LogP contribution in [0.4, 0.5) is 0 Å². The highest BCUT2D eigenvalue weighted by atomic mass is 79.9. The number of hydrogen-bond acceptors (Lipinski definition) is 3. The predicted octanol–water partition coefficient (Wildman–Crippen LogP) is 0.592. The van der Waals surface area contributed by atoms with E-state index in [1.54, 1.807) is 9.80 Å². The largest absolute Gasteiger partial charge is 0.328 e. The summed E-state index contributed by atoms with van der Waals surface area (Å²) in [5.74, 6) is -0.756. The Morgan fingerprint density at radius 2 is 2.05 bits per heavy atom. The van der Waals surface area contributed by atoms with Crippen molar-refractivity contribution >= 4 is 27.7 Å². The first kappa shape index (κ1) is 13.6. The highest BCUT2D eigenvalue weighted by Gasteiger charge is 2.39. The van der Waals surface area contributed by atoms with Crippen LogP contribution in [0.15, 0.2) is 28.7 Å². The standard InChI is InChI=1S/C14H16BrN3O2/c15-12-4-2-1-3-10(12)8-17-9-11-7-16-5-6-18(11)14(20)13(17)19/h1-4,11,16H,5-9H2. The Morgan fingerprint density at radius 1 is 1.25 bits per heavy atom. The molecular weight excluding hydrogens is 322 g/mol. The number of halogens is 1. The molecule has 0 aromatic heterocycles. The Labute approximate surface area is 126 Å². The number of nitrogens with zero attached hydrogens (tertiary/aromatic N) is 2. The molecule has 20 heavy (non-hydrogen) atoms. The maximum atomic E-state index is 12.2. The van der Waals surface area contributed by atoms with Gasteiger partial charge in [0.2, 0.25) is 0 Å². The van der Waals surface area contributed by atoms with E-state index in [1.807, 2.05) is 24.3 Å². The van der Waals surface area contributed by atoms with E-state index in [0.717, 1.165) is 23.1 Å². The van der Waals surface area contributed by atoms with Gasteiger partial charge in [0, 0.05) is 37.2 Å². The molecule has 2 aliphatic heterocycles. The normalized spacial score (nSPS) is 22.9. The number of hydrogen-bond donors (Lipinski definition) is 1. The molecule has 1 atom stereocenters. The molecule has 0 spiro atoms. The van der Waals surface area contributed by atoms with E-state index >= 15 is 0 Å². The number of carbonyl (C=O) groups excluding carboxylic acids is 2. The van der Waals surface area contributed by atoms with Gasteiger partial charge in [-0.1, -0.05) is 34.1 Å². The van der Waals surface area contributed by atoms with Crippen LogP contribution in [0.25, 0.3) is 0 Å². The summed E-state index contributed by atoms with van der Waals surface area (Å²) in [6.07, 6.45) is 0. The van der Waals surface area contributed by atoms with Crippen LogP contribution in [0, 0.1) is 0 Å². The summed E-state index contributed by atoms with van der Waals surface area (Å²) in [6, 6.07) is 7.87. The van der Waals surface area contributed by atoms with Gasteiger partial charge in [-0.05, 0) is 11.6 Å². The summed E-state index contributed by atoms with van der Waals surface area (Å²) in [4.78, 5) is 27.7. The minimum atomic E-state index is -0.390. The smallest absolute Gasteiger partial charge is 0.312 e. The van der Waals surface area contributed by atoms with E-state index < -0.39 is 0 Å². The summed E-state index contributed by atoms with van der Waals surface area (Å²) in [7, 11) is 0. The van der Waals surface area contributed by atoms with E-state index in [0.29, 0.717) is 19.6 Å². The van der Waals surface area contributed by atoms with E-state index in [1.165, 1.54) is 0 Å². The number of piperazine rings is 2. The second-order valence-electron chi connectivity index (χ2n) is 5.13. The van der Waals surface area contributed by atoms with Crippen LogP contribution in [0.1, 0.15) is 5.56 Å². The first-order valence-corrected chi connectivity index (χ1v) is 7.50.